The topological polar surface area (TPSA) is 85.6 Å². The van der Waals surface area contributed by atoms with E-state index in [1.807, 2.05) is 0 Å². The molecule has 0 unspecified atom stereocenters. The lowest BCUT2D eigenvalue weighted by Crippen LogP contribution is -2.19. The number of anilines is 1. The van der Waals surface area contributed by atoms with Gasteiger partial charge in [-0.2, -0.15) is 0 Å². The molecule has 0 bridgehead atoms. The lowest BCUT2D eigenvalue weighted by atomic mass is 10.4. The van der Waals surface area contributed by atoms with Gasteiger partial charge in [0, 0.05) is 6.20 Å². The van der Waals surface area contributed by atoms with Crippen molar-refractivity contribution in [1.29, 1.82) is 0 Å². The van der Waals surface area contributed by atoms with Crippen LogP contribution in [0.1, 0.15) is 0 Å². The number of rotatable bonds is 3. The minimum Gasteiger partial charge on any atom is -0.309 e. The largest absolute Gasteiger partial charge is 0.309 e. The Morgan fingerprint density at radius 3 is 3.00 bits per heavy atom. The zero-order valence-corrected chi connectivity index (χ0v) is 8.79. The minimum absolute atomic E-state index is 0.0390. The van der Waals surface area contributed by atoms with E-state index in [9.17, 15) is 4.79 Å². The maximum atomic E-state index is 11.5. The summed E-state index contributed by atoms with van der Waals surface area (Å²) in [4.78, 5) is 15.4. The first-order valence-electron chi connectivity index (χ1n) is 4.36. The number of nitrogens with zero attached hydrogens (tertiary/aromatic N) is 5. The molecule has 1 N–H and O–H groups in total. The van der Waals surface area contributed by atoms with Gasteiger partial charge >= 0.3 is 0 Å². The van der Waals surface area contributed by atoms with Gasteiger partial charge in [-0.15, -0.1) is 5.10 Å². The third kappa shape index (κ3) is 2.74. The van der Waals surface area contributed by atoms with Crippen LogP contribution in [-0.2, 0) is 11.3 Å². The van der Waals surface area contributed by atoms with Gasteiger partial charge in [0.15, 0.2) is 0 Å². The second kappa shape index (κ2) is 4.67. The Kier molecular flexibility index (Phi) is 3.06. The first kappa shape index (κ1) is 10.5. The van der Waals surface area contributed by atoms with Crippen LogP contribution in [-0.4, -0.2) is 31.1 Å². The Labute approximate surface area is 95.4 Å². The Hall–Kier alpha value is -2.02. The lowest BCUT2D eigenvalue weighted by Gasteiger charge is -2.03. The van der Waals surface area contributed by atoms with E-state index in [1.54, 1.807) is 12.1 Å². The number of aromatic nitrogens is 5. The van der Waals surface area contributed by atoms with E-state index in [4.69, 9.17) is 11.6 Å². The van der Waals surface area contributed by atoms with Crippen molar-refractivity contribution >= 4 is 23.3 Å². The molecule has 82 valence electrons. The van der Waals surface area contributed by atoms with Gasteiger partial charge in [-0.3, -0.25) is 4.79 Å². The number of halogens is 1. The smallest absolute Gasteiger partial charge is 0.247 e. The van der Waals surface area contributed by atoms with Crippen molar-refractivity contribution in [2.45, 2.75) is 6.54 Å². The van der Waals surface area contributed by atoms with Crippen LogP contribution in [0.3, 0.4) is 0 Å². The first-order chi connectivity index (χ1) is 7.74. The first-order valence-corrected chi connectivity index (χ1v) is 4.74. The van der Waals surface area contributed by atoms with Crippen molar-refractivity contribution in [1.82, 2.24) is 25.2 Å². The summed E-state index contributed by atoms with van der Waals surface area (Å²) in [6.07, 6.45) is 2.81. The van der Waals surface area contributed by atoms with E-state index in [1.165, 1.54) is 17.2 Å². The summed E-state index contributed by atoms with van der Waals surface area (Å²) in [6.45, 7) is 0.0390. The van der Waals surface area contributed by atoms with Crippen LogP contribution < -0.4 is 5.32 Å². The monoisotopic (exact) mass is 238 g/mol. The van der Waals surface area contributed by atoms with Gasteiger partial charge in [0.1, 0.15) is 18.7 Å². The molecule has 2 aromatic heterocycles. The van der Waals surface area contributed by atoms with Gasteiger partial charge in [0.05, 0.1) is 5.02 Å². The molecule has 0 saturated carbocycles. The molecule has 16 heavy (non-hydrogen) atoms. The molecule has 2 aromatic rings. The highest BCUT2D eigenvalue weighted by Crippen LogP contribution is 2.09. The SMILES string of the molecule is O=C(Cn1cnnn1)Nc1ccc(Cl)cn1. The van der Waals surface area contributed by atoms with E-state index < -0.39 is 0 Å². The minimum atomic E-state index is -0.262. The molecule has 2 rings (SSSR count). The molecule has 8 heteroatoms. The third-order valence-electron chi connectivity index (χ3n) is 1.69. The van der Waals surface area contributed by atoms with Crippen LogP contribution in [0.4, 0.5) is 5.82 Å². The molecule has 0 aliphatic heterocycles. The fourth-order valence-corrected chi connectivity index (χ4v) is 1.14. The van der Waals surface area contributed by atoms with Crippen molar-refractivity contribution in [2.24, 2.45) is 0 Å². The van der Waals surface area contributed by atoms with Crippen molar-refractivity contribution in [3.05, 3.63) is 29.7 Å². The van der Waals surface area contributed by atoms with Crippen molar-refractivity contribution in [3.63, 3.8) is 0 Å². The number of carbonyl (C=O) groups excluding carboxylic acids is 1. The van der Waals surface area contributed by atoms with Crippen molar-refractivity contribution < 1.29 is 4.79 Å². The average Bonchev–Trinajstić information content (AvgIpc) is 2.74. The Morgan fingerprint density at radius 1 is 1.50 bits per heavy atom. The van der Waals surface area contributed by atoms with Crippen LogP contribution in [0.2, 0.25) is 5.02 Å². The van der Waals surface area contributed by atoms with Crippen LogP contribution in [0.15, 0.2) is 24.7 Å². The van der Waals surface area contributed by atoms with E-state index in [0.717, 1.165) is 0 Å². The highest BCUT2D eigenvalue weighted by atomic mass is 35.5. The zero-order chi connectivity index (χ0) is 11.4. The number of hydrogen-bond donors (Lipinski definition) is 1. The average molecular weight is 239 g/mol. The molecule has 0 aliphatic carbocycles. The zero-order valence-electron chi connectivity index (χ0n) is 8.04. The molecule has 0 spiro atoms. The molecule has 7 nitrogen and oxygen atoms in total. The lowest BCUT2D eigenvalue weighted by molar-refractivity contribution is -0.116. The Bertz CT molecular complexity index is 468. The van der Waals surface area contributed by atoms with Crippen molar-refractivity contribution in [2.75, 3.05) is 5.32 Å². The van der Waals surface area contributed by atoms with Gasteiger partial charge in [-0.1, -0.05) is 11.6 Å². The molecule has 1 amide bonds. The van der Waals surface area contributed by atoms with E-state index in [0.29, 0.717) is 10.8 Å². The number of pyridine rings is 1. The number of hydrogen-bond acceptors (Lipinski definition) is 5. The van der Waals surface area contributed by atoms with Crippen LogP contribution in [0.25, 0.3) is 0 Å². The molecule has 0 saturated heterocycles. The molecule has 0 atom stereocenters. The molecule has 0 aromatic carbocycles. The summed E-state index contributed by atoms with van der Waals surface area (Å²) in [5, 5.41) is 13.5. The maximum Gasteiger partial charge on any atom is 0.247 e. The number of amides is 1. The Balaban J connectivity index is 1.95. The molecule has 0 radical (unpaired) electrons. The fraction of sp³-hybridized carbons (Fsp3) is 0.125. The quantitative estimate of drug-likeness (QED) is 0.835. The summed E-state index contributed by atoms with van der Waals surface area (Å²) < 4.78 is 1.31. The molecule has 2 heterocycles. The van der Waals surface area contributed by atoms with Gasteiger partial charge in [-0.25, -0.2) is 9.67 Å². The predicted octanol–water partition coefficient (Wildman–Crippen LogP) is 0.360. The summed E-state index contributed by atoms with van der Waals surface area (Å²) >= 11 is 5.66. The normalized spacial score (nSPS) is 10.1. The molecular formula is C8H7ClN6O. The highest BCUT2D eigenvalue weighted by molar-refractivity contribution is 6.30. The summed E-state index contributed by atoms with van der Waals surface area (Å²) in [7, 11) is 0. The maximum absolute atomic E-state index is 11.5. The standard InChI is InChI=1S/C8H7ClN6O/c9-6-1-2-7(10-3-6)12-8(16)4-15-5-11-13-14-15/h1-3,5H,4H2,(H,10,12,16). The molecule has 0 aliphatic rings. The summed E-state index contributed by atoms with van der Waals surface area (Å²) in [6, 6.07) is 3.25. The van der Waals surface area contributed by atoms with Gasteiger partial charge in [-0.05, 0) is 22.6 Å². The number of tetrazole rings is 1. The number of carbonyl (C=O) groups is 1. The van der Waals surface area contributed by atoms with Crippen LogP contribution in [0, 0.1) is 0 Å². The van der Waals surface area contributed by atoms with E-state index in [2.05, 4.69) is 25.8 Å². The van der Waals surface area contributed by atoms with Crippen molar-refractivity contribution in [3.8, 4) is 0 Å². The Morgan fingerprint density at radius 2 is 2.38 bits per heavy atom. The second-order valence-electron chi connectivity index (χ2n) is 2.92. The third-order valence-corrected chi connectivity index (χ3v) is 1.92. The highest BCUT2D eigenvalue weighted by Gasteiger charge is 2.04. The summed E-state index contributed by atoms with van der Waals surface area (Å²) in [5.41, 5.74) is 0. The van der Waals surface area contributed by atoms with Gasteiger partial charge in [0.2, 0.25) is 5.91 Å². The van der Waals surface area contributed by atoms with E-state index >= 15 is 0 Å². The fourth-order valence-electron chi connectivity index (χ4n) is 1.03. The van der Waals surface area contributed by atoms with Crippen LogP contribution in [0.5, 0.6) is 0 Å². The van der Waals surface area contributed by atoms with E-state index in [-0.39, 0.29) is 12.5 Å². The molecular weight excluding hydrogens is 232 g/mol. The van der Waals surface area contributed by atoms with Gasteiger partial charge < -0.3 is 5.32 Å². The van der Waals surface area contributed by atoms with Gasteiger partial charge in [0.25, 0.3) is 0 Å². The summed E-state index contributed by atoms with van der Waals surface area (Å²) in [5.74, 6) is 0.171. The molecule has 0 fully saturated rings. The number of nitrogens with one attached hydrogen (secondary N) is 1. The second-order valence-corrected chi connectivity index (χ2v) is 3.35. The van der Waals surface area contributed by atoms with Crippen LogP contribution >= 0.6 is 11.6 Å². The predicted molar refractivity (Wildman–Crippen MR) is 55.7 cm³/mol.